The minimum absolute atomic E-state index is 0.294. The third kappa shape index (κ3) is 3.84. The van der Waals surface area contributed by atoms with Crippen LogP contribution >= 0.6 is 0 Å². The maximum atomic E-state index is 12.0. The Labute approximate surface area is 166 Å². The number of fused-ring (bicyclic) bond motifs is 1. The molecule has 0 spiro atoms. The summed E-state index contributed by atoms with van der Waals surface area (Å²) in [6, 6.07) is 12.4. The van der Waals surface area contributed by atoms with Crippen molar-refractivity contribution in [2.75, 3.05) is 36.7 Å². The van der Waals surface area contributed by atoms with Gasteiger partial charge in [0.05, 0.1) is 18.4 Å². The van der Waals surface area contributed by atoms with Crippen LogP contribution in [0.5, 0.6) is 11.5 Å². The molecule has 0 fully saturated rings. The van der Waals surface area contributed by atoms with Gasteiger partial charge in [0.2, 0.25) is 0 Å². The monoisotopic (exact) mass is 393 g/mol. The summed E-state index contributed by atoms with van der Waals surface area (Å²) < 4.78 is 15.9. The Morgan fingerprint density at radius 2 is 1.76 bits per heavy atom. The van der Waals surface area contributed by atoms with Crippen molar-refractivity contribution in [1.29, 1.82) is 0 Å². The number of nitrogens with two attached hydrogens (primary N) is 1. The van der Waals surface area contributed by atoms with E-state index in [9.17, 15) is 4.79 Å². The van der Waals surface area contributed by atoms with Crippen LogP contribution in [0.2, 0.25) is 0 Å². The second-order valence-electron chi connectivity index (χ2n) is 6.13. The second kappa shape index (κ2) is 7.93. The van der Waals surface area contributed by atoms with E-state index in [0.717, 1.165) is 5.69 Å². The third-order valence-corrected chi connectivity index (χ3v) is 4.27. The van der Waals surface area contributed by atoms with Gasteiger partial charge in [-0.05, 0) is 24.3 Å². The number of hydrogen-bond acceptors (Lipinski definition) is 9. The highest BCUT2D eigenvalue weighted by molar-refractivity contribution is 5.97. The zero-order valence-electron chi connectivity index (χ0n) is 15.6. The Morgan fingerprint density at radius 3 is 2.55 bits per heavy atom. The molecule has 1 aliphatic heterocycles. The van der Waals surface area contributed by atoms with Crippen LogP contribution in [0.4, 0.5) is 28.7 Å². The van der Waals surface area contributed by atoms with E-state index in [-0.39, 0.29) is 0 Å². The molecule has 9 heteroatoms. The third-order valence-electron chi connectivity index (χ3n) is 4.27. The molecular weight excluding hydrogens is 374 g/mol. The van der Waals surface area contributed by atoms with Crippen LogP contribution in [0.1, 0.15) is 10.4 Å². The van der Waals surface area contributed by atoms with Crippen molar-refractivity contribution in [2.45, 2.75) is 0 Å². The molecule has 4 rings (SSSR count). The van der Waals surface area contributed by atoms with Crippen LogP contribution in [-0.4, -0.2) is 36.3 Å². The van der Waals surface area contributed by atoms with E-state index in [1.165, 1.54) is 13.4 Å². The van der Waals surface area contributed by atoms with Crippen LogP contribution in [0, 0.1) is 0 Å². The minimum atomic E-state index is -0.463. The molecule has 29 heavy (non-hydrogen) atoms. The van der Waals surface area contributed by atoms with Crippen molar-refractivity contribution in [2.24, 2.45) is 0 Å². The molecule has 148 valence electrons. The Kier molecular flexibility index (Phi) is 5.02. The molecule has 2 aromatic carbocycles. The van der Waals surface area contributed by atoms with Crippen molar-refractivity contribution in [3.05, 3.63) is 54.4 Å². The second-order valence-corrected chi connectivity index (χ2v) is 6.13. The highest BCUT2D eigenvalue weighted by Gasteiger charge is 2.16. The van der Waals surface area contributed by atoms with Crippen LogP contribution in [0.15, 0.2) is 48.8 Å². The Bertz CT molecular complexity index is 1060. The molecule has 2 heterocycles. The van der Waals surface area contributed by atoms with Gasteiger partial charge < -0.3 is 30.6 Å². The van der Waals surface area contributed by atoms with Crippen LogP contribution in [-0.2, 0) is 4.74 Å². The smallest absolute Gasteiger partial charge is 0.339 e. The SMILES string of the molecule is COC(=O)c1ccccc1Nc1ncnc(Nc2ccc3c(c2)OCCO3)c1N. The van der Waals surface area contributed by atoms with Crippen molar-refractivity contribution in [3.8, 4) is 11.5 Å². The average Bonchev–Trinajstić information content (AvgIpc) is 2.76. The van der Waals surface area contributed by atoms with Gasteiger partial charge in [-0.2, -0.15) is 0 Å². The molecular formula is C20H19N5O4. The number of carbonyl (C=O) groups is 1. The molecule has 0 amide bonds. The van der Waals surface area contributed by atoms with Crippen molar-refractivity contribution < 1.29 is 19.0 Å². The summed E-state index contributed by atoms with van der Waals surface area (Å²) in [5.41, 5.74) is 8.18. The number of rotatable bonds is 5. The summed E-state index contributed by atoms with van der Waals surface area (Å²) >= 11 is 0. The van der Waals surface area contributed by atoms with Gasteiger partial charge in [-0.1, -0.05) is 12.1 Å². The van der Waals surface area contributed by atoms with Gasteiger partial charge in [0, 0.05) is 11.8 Å². The normalized spacial score (nSPS) is 12.2. The number of aromatic nitrogens is 2. The zero-order chi connectivity index (χ0) is 20.2. The van der Waals surface area contributed by atoms with Crippen molar-refractivity contribution in [1.82, 2.24) is 9.97 Å². The lowest BCUT2D eigenvalue weighted by molar-refractivity contribution is 0.0602. The lowest BCUT2D eigenvalue weighted by Gasteiger charge is -2.19. The number of anilines is 5. The lowest BCUT2D eigenvalue weighted by Crippen LogP contribution is -2.15. The van der Waals surface area contributed by atoms with Gasteiger partial charge in [-0.25, -0.2) is 14.8 Å². The van der Waals surface area contributed by atoms with Crippen LogP contribution in [0.3, 0.4) is 0 Å². The van der Waals surface area contributed by atoms with E-state index < -0.39 is 5.97 Å². The molecule has 1 aromatic heterocycles. The van der Waals surface area contributed by atoms with Crippen LogP contribution in [0.25, 0.3) is 0 Å². The van der Waals surface area contributed by atoms with E-state index in [1.807, 2.05) is 18.2 Å². The van der Waals surface area contributed by atoms with Gasteiger partial charge in [-0.3, -0.25) is 0 Å². The first-order valence-electron chi connectivity index (χ1n) is 8.87. The quantitative estimate of drug-likeness (QED) is 0.561. The summed E-state index contributed by atoms with van der Waals surface area (Å²) in [5.74, 6) is 1.65. The fourth-order valence-corrected chi connectivity index (χ4v) is 2.86. The van der Waals surface area contributed by atoms with E-state index in [1.54, 1.807) is 24.3 Å². The highest BCUT2D eigenvalue weighted by Crippen LogP contribution is 2.35. The number of benzene rings is 2. The van der Waals surface area contributed by atoms with Crippen molar-refractivity contribution in [3.63, 3.8) is 0 Å². The minimum Gasteiger partial charge on any atom is -0.486 e. The number of carbonyl (C=O) groups excluding carboxylic acids is 1. The maximum Gasteiger partial charge on any atom is 0.339 e. The molecule has 9 nitrogen and oxygen atoms in total. The molecule has 0 saturated carbocycles. The van der Waals surface area contributed by atoms with Crippen molar-refractivity contribution >= 4 is 34.7 Å². The number of hydrogen-bond donors (Lipinski definition) is 3. The first-order chi connectivity index (χ1) is 14.2. The highest BCUT2D eigenvalue weighted by atomic mass is 16.6. The Balaban J connectivity index is 1.59. The van der Waals surface area contributed by atoms with Gasteiger partial charge in [0.15, 0.2) is 23.1 Å². The first-order valence-corrected chi connectivity index (χ1v) is 8.87. The number of nitrogens with one attached hydrogen (secondary N) is 2. The summed E-state index contributed by atoms with van der Waals surface area (Å²) in [6.45, 7) is 1.03. The Hall–Kier alpha value is -4.01. The molecule has 0 atom stereocenters. The lowest BCUT2D eigenvalue weighted by atomic mass is 10.2. The molecule has 0 aliphatic carbocycles. The summed E-state index contributed by atoms with van der Waals surface area (Å²) in [6.07, 6.45) is 1.37. The topological polar surface area (TPSA) is 121 Å². The van der Waals surface area contributed by atoms with E-state index in [0.29, 0.717) is 53.3 Å². The fourth-order valence-electron chi connectivity index (χ4n) is 2.86. The summed E-state index contributed by atoms with van der Waals surface area (Å²) in [5, 5.41) is 6.22. The molecule has 0 radical (unpaired) electrons. The average molecular weight is 393 g/mol. The zero-order valence-corrected chi connectivity index (χ0v) is 15.6. The van der Waals surface area contributed by atoms with Gasteiger partial charge in [0.1, 0.15) is 25.2 Å². The standard InChI is InChI=1S/C20H19N5O4/c1-27-20(26)13-4-2-3-5-14(13)25-19-17(21)18(22-11-23-19)24-12-6-7-15-16(10-12)29-9-8-28-15/h2-7,10-11H,8-9,21H2,1H3,(H2,22,23,24,25). The predicted molar refractivity (Wildman–Crippen MR) is 108 cm³/mol. The first kappa shape index (κ1) is 18.4. The molecule has 0 saturated heterocycles. The number of methoxy groups -OCH3 is 1. The molecule has 4 N–H and O–H groups in total. The molecule has 0 unspecified atom stereocenters. The summed E-state index contributed by atoms with van der Waals surface area (Å²) in [4.78, 5) is 20.4. The largest absolute Gasteiger partial charge is 0.486 e. The predicted octanol–water partition coefficient (Wildman–Crippen LogP) is 3.10. The Morgan fingerprint density at radius 1 is 1.03 bits per heavy atom. The van der Waals surface area contributed by atoms with Crippen LogP contribution < -0.4 is 25.8 Å². The maximum absolute atomic E-state index is 12.0. The van der Waals surface area contributed by atoms with Gasteiger partial charge >= 0.3 is 5.97 Å². The fraction of sp³-hybridized carbons (Fsp3) is 0.150. The summed E-state index contributed by atoms with van der Waals surface area (Å²) in [7, 11) is 1.33. The molecule has 0 bridgehead atoms. The van der Waals surface area contributed by atoms with E-state index in [4.69, 9.17) is 19.9 Å². The van der Waals surface area contributed by atoms with Gasteiger partial charge in [0.25, 0.3) is 0 Å². The van der Waals surface area contributed by atoms with E-state index in [2.05, 4.69) is 20.6 Å². The number of esters is 1. The molecule has 3 aromatic rings. The number of nitrogens with zero attached hydrogens (tertiary/aromatic N) is 2. The van der Waals surface area contributed by atoms with E-state index >= 15 is 0 Å². The number of ether oxygens (including phenoxy) is 3. The van der Waals surface area contributed by atoms with Gasteiger partial charge in [-0.15, -0.1) is 0 Å². The number of para-hydroxylation sites is 1. The molecule has 1 aliphatic rings. The number of nitrogen functional groups attached to an aromatic ring is 1.